The van der Waals surface area contributed by atoms with Gasteiger partial charge < -0.3 is 34.4 Å². The zero-order valence-electron chi connectivity index (χ0n) is 34.3. The molecule has 0 radical (unpaired) electrons. The molecule has 4 aliphatic rings. The van der Waals surface area contributed by atoms with E-state index in [1.807, 2.05) is 16.7 Å². The summed E-state index contributed by atoms with van der Waals surface area (Å²) in [7, 11) is 0. The van der Waals surface area contributed by atoms with Crippen molar-refractivity contribution in [2.24, 2.45) is 5.41 Å². The number of likely N-dealkylation sites (tertiary alicyclic amines) is 1. The fourth-order valence-electron chi connectivity index (χ4n) is 9.06. The maximum absolute atomic E-state index is 14.8. The van der Waals surface area contributed by atoms with Crippen molar-refractivity contribution in [2.75, 3.05) is 62.7 Å². The summed E-state index contributed by atoms with van der Waals surface area (Å²) in [6.07, 6.45) is 2.09. The van der Waals surface area contributed by atoms with Crippen LogP contribution in [0.4, 0.5) is 24.8 Å². The highest BCUT2D eigenvalue weighted by Gasteiger charge is 2.46. The van der Waals surface area contributed by atoms with E-state index in [2.05, 4.69) is 30.4 Å². The third-order valence-corrected chi connectivity index (χ3v) is 13.0. The zero-order valence-corrected chi connectivity index (χ0v) is 35.0. The van der Waals surface area contributed by atoms with Crippen LogP contribution in [0.1, 0.15) is 65.6 Å². The van der Waals surface area contributed by atoms with Crippen LogP contribution in [-0.4, -0.2) is 124 Å². The van der Waals surface area contributed by atoms with Gasteiger partial charge >= 0.3 is 6.18 Å². The Morgan fingerprint density at radius 1 is 0.968 bits per heavy atom. The largest absolute Gasteiger partial charge is 0.504 e. The first-order valence-electron chi connectivity index (χ1n) is 20.5. The molecule has 63 heavy (non-hydrogen) atoms. The van der Waals surface area contributed by atoms with Gasteiger partial charge in [-0.15, -0.1) is 5.10 Å². The maximum atomic E-state index is 14.8. The molecule has 0 atom stereocenters. The van der Waals surface area contributed by atoms with Gasteiger partial charge in [0.2, 0.25) is 23.5 Å². The Balaban J connectivity index is 1.03. The van der Waals surface area contributed by atoms with Crippen molar-refractivity contribution in [1.82, 2.24) is 48.9 Å². The minimum absolute atomic E-state index is 0.0336. The van der Waals surface area contributed by atoms with E-state index in [9.17, 15) is 37.5 Å². The molecule has 0 saturated carbocycles. The van der Waals surface area contributed by atoms with Gasteiger partial charge in [0.25, 0.3) is 11.5 Å². The van der Waals surface area contributed by atoms with E-state index in [-0.39, 0.29) is 58.4 Å². The van der Waals surface area contributed by atoms with E-state index in [1.165, 1.54) is 6.33 Å². The molecule has 2 N–H and O–H groups in total. The summed E-state index contributed by atoms with van der Waals surface area (Å²) in [5.74, 6) is -0.720. The van der Waals surface area contributed by atoms with Crippen LogP contribution < -0.4 is 15.8 Å². The number of amides is 3. The van der Waals surface area contributed by atoms with E-state index in [0.717, 1.165) is 22.7 Å². The Morgan fingerprint density at radius 3 is 2.33 bits per heavy atom. The van der Waals surface area contributed by atoms with Gasteiger partial charge in [-0.05, 0) is 64.2 Å². The molecule has 1 aromatic carbocycles. The first kappa shape index (κ1) is 42.1. The van der Waals surface area contributed by atoms with Gasteiger partial charge in [-0.3, -0.25) is 19.2 Å². The van der Waals surface area contributed by atoms with Crippen LogP contribution in [0.5, 0.6) is 5.75 Å². The minimum atomic E-state index is -4.64. The third-order valence-electron chi connectivity index (χ3n) is 12.6. The number of aryl methyl sites for hydroxylation is 1. The van der Waals surface area contributed by atoms with Crippen molar-refractivity contribution in [1.29, 1.82) is 0 Å². The SMILES string of the molecule is Cc1ncnc(C(=O)N2CCC3(CCCc4c3c(=O)n3nc(-c5cnc(N6CCN(C(=O)C7(C)COC7)CC6)nc5)nc3n4CC(=O)Nc3ccc(C(F)(F)F)cc3Cl)CC2)c1O. The molecule has 0 bridgehead atoms. The second kappa shape index (κ2) is 15.8. The lowest BCUT2D eigenvalue weighted by Crippen LogP contribution is -2.58. The maximum Gasteiger partial charge on any atom is 0.416 e. The van der Waals surface area contributed by atoms with Crippen LogP contribution in [-0.2, 0) is 38.9 Å². The van der Waals surface area contributed by atoms with Crippen LogP contribution in [0.25, 0.3) is 17.2 Å². The number of aromatic nitrogens is 8. The lowest BCUT2D eigenvalue weighted by Gasteiger charge is -2.45. The Bertz CT molecular complexity index is 2710. The van der Waals surface area contributed by atoms with E-state index in [4.69, 9.17) is 21.3 Å². The Labute approximate surface area is 362 Å². The highest BCUT2D eigenvalue weighted by atomic mass is 35.5. The van der Waals surface area contributed by atoms with Crippen LogP contribution in [0.15, 0.2) is 41.7 Å². The summed E-state index contributed by atoms with van der Waals surface area (Å²) in [5.41, 5.74) is -1.11. The molecule has 18 nitrogen and oxygen atoms in total. The molecule has 7 heterocycles. The second-order valence-electron chi connectivity index (χ2n) is 16.8. The van der Waals surface area contributed by atoms with Crippen molar-refractivity contribution in [3.8, 4) is 17.1 Å². The predicted molar refractivity (Wildman–Crippen MR) is 219 cm³/mol. The Kier molecular flexibility index (Phi) is 10.6. The number of aromatic hydroxyl groups is 1. The Morgan fingerprint density at radius 2 is 1.68 bits per heavy atom. The molecule has 1 spiro atoms. The number of piperazine rings is 1. The van der Waals surface area contributed by atoms with Crippen LogP contribution in [0.2, 0.25) is 5.02 Å². The van der Waals surface area contributed by atoms with Gasteiger partial charge in [0, 0.05) is 68.3 Å². The van der Waals surface area contributed by atoms with Crippen LogP contribution in [0.3, 0.4) is 0 Å². The Hall–Kier alpha value is -6.22. The monoisotopic (exact) mass is 890 g/mol. The highest BCUT2D eigenvalue weighted by molar-refractivity contribution is 6.33. The van der Waals surface area contributed by atoms with Gasteiger partial charge in [0.1, 0.15) is 12.9 Å². The van der Waals surface area contributed by atoms with Crippen LogP contribution >= 0.6 is 11.6 Å². The summed E-state index contributed by atoms with van der Waals surface area (Å²) in [6.45, 7) is 6.45. The van der Waals surface area contributed by atoms with E-state index < -0.39 is 46.5 Å². The van der Waals surface area contributed by atoms with Gasteiger partial charge in [0.05, 0.1) is 46.2 Å². The molecule has 330 valence electrons. The molecule has 3 amide bonds. The lowest BCUT2D eigenvalue weighted by atomic mass is 9.66. The quantitative estimate of drug-likeness (QED) is 0.240. The van der Waals surface area contributed by atoms with Crippen molar-refractivity contribution in [3.05, 3.63) is 80.5 Å². The number of rotatable bonds is 7. The van der Waals surface area contributed by atoms with E-state index in [1.54, 1.807) is 28.8 Å². The fraction of sp³-hybridized carbons (Fsp3) is 0.463. The average molecular weight is 891 g/mol. The molecule has 5 aromatic rings. The van der Waals surface area contributed by atoms with Gasteiger partial charge in [0.15, 0.2) is 17.3 Å². The predicted octanol–water partition coefficient (Wildman–Crippen LogP) is 3.66. The molecular weight excluding hydrogens is 849 g/mol. The number of anilines is 2. The first-order chi connectivity index (χ1) is 30.0. The average Bonchev–Trinajstić information content (AvgIpc) is 3.72. The van der Waals surface area contributed by atoms with Crippen molar-refractivity contribution in [2.45, 2.75) is 64.1 Å². The number of alkyl halides is 3. The van der Waals surface area contributed by atoms with Gasteiger partial charge in [-0.1, -0.05) is 11.6 Å². The van der Waals surface area contributed by atoms with Crippen molar-refractivity contribution in [3.63, 3.8) is 0 Å². The number of carbonyl (C=O) groups excluding carboxylic acids is 3. The van der Waals surface area contributed by atoms with Crippen LogP contribution in [0, 0.1) is 12.3 Å². The van der Waals surface area contributed by atoms with E-state index in [0.29, 0.717) is 94.3 Å². The molecule has 3 fully saturated rings. The smallest absolute Gasteiger partial charge is 0.416 e. The second-order valence-corrected chi connectivity index (χ2v) is 17.2. The summed E-state index contributed by atoms with van der Waals surface area (Å²) >= 11 is 6.20. The topological polar surface area (TPSA) is 206 Å². The number of ether oxygens (including phenoxy) is 1. The summed E-state index contributed by atoms with van der Waals surface area (Å²) < 4.78 is 48.1. The molecule has 4 aromatic heterocycles. The summed E-state index contributed by atoms with van der Waals surface area (Å²) in [5, 5.41) is 17.5. The number of carbonyl (C=O) groups is 3. The zero-order chi connectivity index (χ0) is 44.4. The molecule has 22 heteroatoms. The summed E-state index contributed by atoms with van der Waals surface area (Å²) in [4.78, 5) is 82.4. The lowest BCUT2D eigenvalue weighted by molar-refractivity contribution is -0.169. The molecule has 3 saturated heterocycles. The highest BCUT2D eigenvalue weighted by Crippen LogP contribution is 2.44. The minimum Gasteiger partial charge on any atom is -0.504 e. The number of nitrogens with one attached hydrogen (secondary N) is 1. The first-order valence-corrected chi connectivity index (χ1v) is 20.9. The molecule has 1 aliphatic carbocycles. The number of nitrogens with zero attached hydrogens (tertiary/aromatic N) is 11. The van der Waals surface area contributed by atoms with Crippen molar-refractivity contribution < 1.29 is 37.4 Å². The summed E-state index contributed by atoms with van der Waals surface area (Å²) in [6, 6.07) is 2.63. The number of fused-ring (bicyclic) bond motifs is 3. The molecule has 3 aliphatic heterocycles. The van der Waals surface area contributed by atoms with Gasteiger partial charge in [-0.25, -0.2) is 19.9 Å². The van der Waals surface area contributed by atoms with Crippen molar-refractivity contribution >= 4 is 46.7 Å². The number of benzene rings is 1. The van der Waals surface area contributed by atoms with Gasteiger partial charge in [-0.2, -0.15) is 22.7 Å². The number of piperidine rings is 1. The standard InChI is InChI=1S/C41H42ClF3N12O6/c1-23-32(59)31(49-22-48-23)35(61)53-10-8-40(9-11-53)7-3-4-28-30(40)34(60)57-38(56(28)19-29(58)50-27-6-5-25(16-26(27)42)41(43,44)45)51-33(52-57)24-17-46-37(47-18-24)55-14-12-54(13-15-55)36(62)39(2)20-63-21-39/h5-6,16-18,22,59H,3-4,7-15,19-21H2,1-2H3,(H,50,58). The molecule has 0 unspecified atom stereocenters. The van der Waals surface area contributed by atoms with E-state index >= 15 is 0 Å². The molecular formula is C41H42ClF3N12O6. The molecule has 9 rings (SSSR count). The number of halogens is 4. The number of hydrogen-bond acceptors (Lipinski definition) is 13. The fourth-order valence-corrected chi connectivity index (χ4v) is 9.29. The third kappa shape index (κ3) is 7.59. The normalized spacial score (nSPS) is 18.3. The number of hydrogen-bond donors (Lipinski definition) is 2.